The molecule has 1 unspecified atom stereocenters. The van der Waals surface area contributed by atoms with Crippen LogP contribution < -0.4 is 5.32 Å². The predicted molar refractivity (Wildman–Crippen MR) is 64.8 cm³/mol. The van der Waals surface area contributed by atoms with Gasteiger partial charge in [-0.1, -0.05) is 18.2 Å². The Morgan fingerprint density at radius 2 is 2.17 bits per heavy atom. The van der Waals surface area contributed by atoms with Crippen molar-refractivity contribution in [3.05, 3.63) is 59.2 Å². The Hall–Kier alpha value is -1.97. The number of rotatable bonds is 4. The number of benzene rings is 1. The number of carbonyl (C=O) groups is 1. The van der Waals surface area contributed by atoms with Gasteiger partial charge in [-0.15, -0.1) is 0 Å². The summed E-state index contributed by atoms with van der Waals surface area (Å²) in [6.45, 7) is 0. The van der Waals surface area contributed by atoms with E-state index in [0.717, 1.165) is 0 Å². The first-order valence-electron chi connectivity index (χ1n) is 5.72. The predicted octanol–water partition coefficient (Wildman–Crippen LogP) is 3.19. The molecule has 94 valence electrons. The summed E-state index contributed by atoms with van der Waals surface area (Å²) in [5.74, 6) is -0.604. The molecule has 1 atom stereocenters. The van der Waals surface area contributed by atoms with Crippen LogP contribution in [0.4, 0.5) is 8.78 Å². The standard InChI is InChI=1S/C14H13F2NO/c15-12-5-1-3-10(7-12)14(17-9-18)11-4-2-6-13(16)8-11/h1,3-5,7-9,14H,2,6H2,(H,17,18). The van der Waals surface area contributed by atoms with E-state index in [9.17, 15) is 13.6 Å². The summed E-state index contributed by atoms with van der Waals surface area (Å²) in [5.41, 5.74) is 1.25. The Balaban J connectivity index is 2.34. The third-order valence-corrected chi connectivity index (χ3v) is 2.84. The number of allylic oxidation sites excluding steroid dienone is 2. The van der Waals surface area contributed by atoms with Gasteiger partial charge in [0, 0.05) is 6.42 Å². The first-order valence-corrected chi connectivity index (χ1v) is 5.72. The zero-order valence-electron chi connectivity index (χ0n) is 9.70. The first-order chi connectivity index (χ1) is 8.70. The van der Waals surface area contributed by atoms with Crippen molar-refractivity contribution in [1.29, 1.82) is 0 Å². The van der Waals surface area contributed by atoms with Crippen molar-refractivity contribution >= 4 is 6.41 Å². The van der Waals surface area contributed by atoms with E-state index in [1.165, 1.54) is 18.2 Å². The van der Waals surface area contributed by atoms with Crippen LogP contribution in [-0.4, -0.2) is 6.41 Å². The Morgan fingerprint density at radius 1 is 1.33 bits per heavy atom. The zero-order valence-corrected chi connectivity index (χ0v) is 9.70. The summed E-state index contributed by atoms with van der Waals surface area (Å²) >= 11 is 0. The minimum atomic E-state index is -0.510. The molecule has 1 aromatic carbocycles. The lowest BCUT2D eigenvalue weighted by molar-refractivity contribution is -0.110. The Kier molecular flexibility index (Phi) is 3.87. The molecule has 18 heavy (non-hydrogen) atoms. The number of hydrogen-bond donors (Lipinski definition) is 1. The average molecular weight is 249 g/mol. The molecule has 1 aliphatic carbocycles. The van der Waals surface area contributed by atoms with E-state index in [1.807, 2.05) is 6.08 Å². The van der Waals surface area contributed by atoms with Crippen LogP contribution in [0.3, 0.4) is 0 Å². The number of amides is 1. The lowest BCUT2D eigenvalue weighted by Gasteiger charge is -2.20. The maximum atomic E-state index is 13.3. The summed E-state index contributed by atoms with van der Waals surface area (Å²) in [7, 11) is 0. The van der Waals surface area contributed by atoms with E-state index in [1.54, 1.807) is 12.1 Å². The molecule has 0 saturated carbocycles. The number of carbonyl (C=O) groups excluding carboxylic acids is 1. The molecule has 0 spiro atoms. The smallest absolute Gasteiger partial charge is 0.207 e. The van der Waals surface area contributed by atoms with Crippen LogP contribution in [0.5, 0.6) is 0 Å². The lowest BCUT2D eigenvalue weighted by Crippen LogP contribution is -2.21. The monoisotopic (exact) mass is 249 g/mol. The molecule has 1 aromatic rings. The molecule has 1 aliphatic rings. The van der Waals surface area contributed by atoms with E-state index < -0.39 is 6.04 Å². The van der Waals surface area contributed by atoms with Crippen molar-refractivity contribution in [2.45, 2.75) is 18.9 Å². The Labute approximate surface area is 104 Å². The van der Waals surface area contributed by atoms with Gasteiger partial charge in [0.05, 0.1) is 6.04 Å². The quantitative estimate of drug-likeness (QED) is 0.816. The zero-order chi connectivity index (χ0) is 13.0. The first kappa shape index (κ1) is 12.5. The van der Waals surface area contributed by atoms with Crippen LogP contribution >= 0.6 is 0 Å². The van der Waals surface area contributed by atoms with Crippen LogP contribution in [0.2, 0.25) is 0 Å². The van der Waals surface area contributed by atoms with E-state index in [4.69, 9.17) is 0 Å². The maximum Gasteiger partial charge on any atom is 0.207 e. The summed E-state index contributed by atoms with van der Waals surface area (Å²) in [4.78, 5) is 10.7. The third kappa shape index (κ3) is 2.83. The highest BCUT2D eigenvalue weighted by Gasteiger charge is 2.17. The lowest BCUT2D eigenvalue weighted by atomic mass is 9.94. The van der Waals surface area contributed by atoms with Crippen LogP contribution in [0.1, 0.15) is 24.4 Å². The SMILES string of the molecule is O=CNC(C1=CCCC(F)=C1)c1cccc(F)c1. The van der Waals surface area contributed by atoms with Gasteiger partial charge in [-0.3, -0.25) is 4.79 Å². The van der Waals surface area contributed by atoms with Gasteiger partial charge in [-0.25, -0.2) is 8.78 Å². The van der Waals surface area contributed by atoms with Crippen LogP contribution in [-0.2, 0) is 4.79 Å². The highest BCUT2D eigenvalue weighted by molar-refractivity contribution is 5.51. The van der Waals surface area contributed by atoms with Gasteiger partial charge < -0.3 is 5.32 Å². The molecule has 2 rings (SSSR count). The fourth-order valence-corrected chi connectivity index (χ4v) is 2.03. The highest BCUT2D eigenvalue weighted by Crippen LogP contribution is 2.28. The largest absolute Gasteiger partial charge is 0.348 e. The second kappa shape index (κ2) is 5.58. The van der Waals surface area contributed by atoms with Crippen LogP contribution in [0, 0.1) is 5.82 Å². The fourth-order valence-electron chi connectivity index (χ4n) is 2.03. The third-order valence-electron chi connectivity index (χ3n) is 2.84. The van der Waals surface area contributed by atoms with Gasteiger partial charge in [0.2, 0.25) is 6.41 Å². The molecule has 2 nitrogen and oxygen atoms in total. The van der Waals surface area contributed by atoms with Crippen molar-refractivity contribution in [2.24, 2.45) is 0 Å². The molecular weight excluding hydrogens is 236 g/mol. The molecule has 0 bridgehead atoms. The molecule has 0 aliphatic heterocycles. The summed E-state index contributed by atoms with van der Waals surface area (Å²) < 4.78 is 26.4. The molecule has 1 amide bonds. The van der Waals surface area contributed by atoms with Crippen molar-refractivity contribution < 1.29 is 13.6 Å². The normalized spacial score (nSPS) is 16.6. The number of hydrogen-bond acceptors (Lipinski definition) is 1. The minimum Gasteiger partial charge on any atom is -0.348 e. The summed E-state index contributed by atoms with van der Waals surface area (Å²) in [6.07, 6.45) is 4.76. The van der Waals surface area contributed by atoms with Gasteiger partial charge in [-0.2, -0.15) is 0 Å². The van der Waals surface area contributed by atoms with E-state index in [-0.39, 0.29) is 11.6 Å². The molecule has 1 N–H and O–H groups in total. The van der Waals surface area contributed by atoms with Crippen molar-refractivity contribution in [3.8, 4) is 0 Å². The number of halogens is 2. The topological polar surface area (TPSA) is 29.1 Å². The molecule has 0 heterocycles. The molecule has 0 radical (unpaired) electrons. The average Bonchev–Trinajstić information content (AvgIpc) is 2.36. The van der Waals surface area contributed by atoms with E-state index >= 15 is 0 Å². The van der Waals surface area contributed by atoms with E-state index in [0.29, 0.717) is 30.4 Å². The second-order valence-electron chi connectivity index (χ2n) is 4.11. The minimum absolute atomic E-state index is 0.221. The summed E-state index contributed by atoms with van der Waals surface area (Å²) in [6, 6.07) is 5.42. The number of nitrogens with one attached hydrogen (secondary N) is 1. The van der Waals surface area contributed by atoms with Crippen molar-refractivity contribution in [1.82, 2.24) is 5.32 Å². The van der Waals surface area contributed by atoms with Gasteiger partial charge >= 0.3 is 0 Å². The Bertz CT molecular complexity index is 508. The molecule has 0 fully saturated rings. The summed E-state index contributed by atoms with van der Waals surface area (Å²) in [5, 5.41) is 2.59. The highest BCUT2D eigenvalue weighted by atomic mass is 19.1. The Morgan fingerprint density at radius 3 is 2.83 bits per heavy atom. The van der Waals surface area contributed by atoms with Crippen LogP contribution in [0.25, 0.3) is 0 Å². The maximum absolute atomic E-state index is 13.3. The van der Waals surface area contributed by atoms with Crippen LogP contribution in [0.15, 0.2) is 47.8 Å². The fraction of sp³-hybridized carbons (Fsp3) is 0.214. The molecule has 0 aromatic heterocycles. The molecule has 4 heteroatoms. The van der Waals surface area contributed by atoms with Crippen molar-refractivity contribution in [2.75, 3.05) is 0 Å². The van der Waals surface area contributed by atoms with Gasteiger partial charge in [0.1, 0.15) is 11.6 Å². The van der Waals surface area contributed by atoms with Gasteiger partial charge in [-0.05, 0) is 35.8 Å². The van der Waals surface area contributed by atoms with Gasteiger partial charge in [0.25, 0.3) is 0 Å². The molecular formula is C14H13F2NO. The molecule has 0 saturated heterocycles. The second-order valence-corrected chi connectivity index (χ2v) is 4.11. The van der Waals surface area contributed by atoms with Gasteiger partial charge in [0.15, 0.2) is 0 Å². The van der Waals surface area contributed by atoms with E-state index in [2.05, 4.69) is 5.32 Å². The van der Waals surface area contributed by atoms with Crippen molar-refractivity contribution in [3.63, 3.8) is 0 Å².